The largest absolute Gasteiger partial charge is 0.387 e. The van der Waals surface area contributed by atoms with E-state index in [1.807, 2.05) is 18.4 Å². The molecule has 0 aliphatic heterocycles. The van der Waals surface area contributed by atoms with Gasteiger partial charge >= 0.3 is 0 Å². The molecule has 1 aromatic heterocycles. The van der Waals surface area contributed by atoms with Gasteiger partial charge in [0.05, 0.1) is 9.94 Å². The summed E-state index contributed by atoms with van der Waals surface area (Å²) in [5, 5.41) is 12.7. The maximum absolute atomic E-state index is 11.6. The van der Waals surface area contributed by atoms with Crippen LogP contribution < -0.4 is 5.32 Å². The van der Waals surface area contributed by atoms with Gasteiger partial charge in [-0.1, -0.05) is 11.6 Å². The number of hydrogen-bond donors (Lipinski definition) is 2. The van der Waals surface area contributed by atoms with Crippen LogP contribution in [0.2, 0.25) is 4.34 Å². The van der Waals surface area contributed by atoms with Crippen molar-refractivity contribution >= 4 is 40.6 Å². The number of carbonyl (C=O) groups is 1. The summed E-state index contributed by atoms with van der Waals surface area (Å²) >= 11 is 8.87. The van der Waals surface area contributed by atoms with Gasteiger partial charge in [-0.05, 0) is 31.7 Å². The third-order valence-electron chi connectivity index (χ3n) is 2.35. The van der Waals surface area contributed by atoms with Crippen LogP contribution in [0.15, 0.2) is 12.1 Å². The first-order valence-corrected chi connectivity index (χ1v) is 8.24. The summed E-state index contributed by atoms with van der Waals surface area (Å²) in [6.45, 7) is 2.01. The van der Waals surface area contributed by atoms with Gasteiger partial charge in [-0.25, -0.2) is 0 Å². The van der Waals surface area contributed by atoms with Gasteiger partial charge in [-0.3, -0.25) is 4.79 Å². The molecule has 3 nitrogen and oxygen atoms in total. The van der Waals surface area contributed by atoms with Crippen molar-refractivity contribution in [1.82, 2.24) is 5.32 Å². The van der Waals surface area contributed by atoms with Gasteiger partial charge in [0.2, 0.25) is 5.91 Å². The molecule has 0 radical (unpaired) electrons. The molecular formula is C12H18ClNO2S2. The van der Waals surface area contributed by atoms with Gasteiger partial charge in [-0.2, -0.15) is 11.8 Å². The second-order valence-electron chi connectivity index (χ2n) is 4.41. The zero-order valence-electron chi connectivity index (χ0n) is 10.5. The van der Waals surface area contributed by atoms with Crippen molar-refractivity contribution in [3.8, 4) is 0 Å². The molecular weight excluding hydrogens is 290 g/mol. The molecule has 1 aromatic rings. The molecule has 2 N–H and O–H groups in total. The first-order chi connectivity index (χ1) is 8.43. The van der Waals surface area contributed by atoms with Crippen molar-refractivity contribution in [3.05, 3.63) is 21.3 Å². The lowest BCUT2D eigenvalue weighted by molar-refractivity contribution is -0.122. The summed E-state index contributed by atoms with van der Waals surface area (Å²) in [5.41, 5.74) is -0.846. The molecule has 102 valence electrons. The van der Waals surface area contributed by atoms with E-state index in [4.69, 9.17) is 11.6 Å². The van der Waals surface area contributed by atoms with E-state index in [0.717, 1.165) is 9.21 Å². The van der Waals surface area contributed by atoms with Crippen LogP contribution in [0.3, 0.4) is 0 Å². The second kappa shape index (κ2) is 7.38. The number of thioether (sulfide) groups is 1. The number of aryl methyl sites for hydroxylation is 1. The van der Waals surface area contributed by atoms with Crippen molar-refractivity contribution in [2.24, 2.45) is 0 Å². The second-order valence-corrected chi connectivity index (χ2v) is 7.08. The van der Waals surface area contributed by atoms with Crippen molar-refractivity contribution in [2.75, 3.05) is 18.6 Å². The van der Waals surface area contributed by atoms with E-state index in [9.17, 15) is 9.90 Å². The number of halogens is 1. The van der Waals surface area contributed by atoms with Crippen LogP contribution in [0.5, 0.6) is 0 Å². The maximum atomic E-state index is 11.6. The highest BCUT2D eigenvalue weighted by Gasteiger charge is 2.20. The highest BCUT2D eigenvalue weighted by molar-refractivity contribution is 7.98. The molecule has 6 heteroatoms. The molecule has 1 amide bonds. The summed E-state index contributed by atoms with van der Waals surface area (Å²) in [5.74, 6) is 0.564. The predicted molar refractivity (Wildman–Crippen MR) is 79.7 cm³/mol. The molecule has 0 aromatic carbocycles. The number of aliphatic hydroxyl groups is 1. The number of hydrogen-bond acceptors (Lipinski definition) is 4. The van der Waals surface area contributed by atoms with Crippen LogP contribution in [0.1, 0.15) is 18.2 Å². The third kappa shape index (κ3) is 6.09. The Hall–Kier alpha value is -0.230. The molecule has 0 bridgehead atoms. The van der Waals surface area contributed by atoms with Gasteiger partial charge in [0.1, 0.15) is 0 Å². The lowest BCUT2D eigenvalue weighted by atomic mass is 10.1. The number of rotatable bonds is 7. The maximum Gasteiger partial charge on any atom is 0.220 e. The minimum Gasteiger partial charge on any atom is -0.387 e. The minimum atomic E-state index is -0.846. The predicted octanol–water partition coefficient (Wildman–Crippen LogP) is 2.56. The fourth-order valence-corrected chi connectivity index (χ4v) is 3.27. The van der Waals surface area contributed by atoms with Crippen LogP contribution in [0, 0.1) is 0 Å². The fourth-order valence-electron chi connectivity index (χ4n) is 1.46. The average molecular weight is 308 g/mol. The molecule has 18 heavy (non-hydrogen) atoms. The summed E-state index contributed by atoms with van der Waals surface area (Å²) in [6.07, 6.45) is 3.04. The van der Waals surface area contributed by atoms with Crippen molar-refractivity contribution < 1.29 is 9.90 Å². The molecule has 0 unspecified atom stereocenters. The molecule has 0 fully saturated rings. The minimum absolute atomic E-state index is 0.0408. The molecule has 1 atom stereocenters. The van der Waals surface area contributed by atoms with Gasteiger partial charge in [0, 0.05) is 23.6 Å². The normalized spacial score (nSPS) is 14.2. The Kier molecular flexibility index (Phi) is 6.49. The zero-order chi connectivity index (χ0) is 13.6. The molecule has 0 aliphatic carbocycles. The molecule has 0 saturated heterocycles. The Labute approximate surface area is 121 Å². The van der Waals surface area contributed by atoms with Crippen LogP contribution in [0.4, 0.5) is 0 Å². The Bertz CT molecular complexity index is 393. The highest BCUT2D eigenvalue weighted by Crippen LogP contribution is 2.22. The van der Waals surface area contributed by atoms with E-state index in [1.54, 1.807) is 18.7 Å². The quantitative estimate of drug-likeness (QED) is 0.814. The summed E-state index contributed by atoms with van der Waals surface area (Å²) in [6, 6.07) is 3.77. The Balaban J connectivity index is 2.26. The average Bonchev–Trinajstić information content (AvgIpc) is 2.70. The Morgan fingerprint density at radius 2 is 2.33 bits per heavy atom. The molecule has 1 heterocycles. The highest BCUT2D eigenvalue weighted by atomic mass is 35.5. The van der Waals surface area contributed by atoms with E-state index in [-0.39, 0.29) is 12.5 Å². The van der Waals surface area contributed by atoms with Gasteiger partial charge in [0.15, 0.2) is 0 Å². The smallest absolute Gasteiger partial charge is 0.220 e. The van der Waals surface area contributed by atoms with E-state index >= 15 is 0 Å². The number of nitrogens with one attached hydrogen (secondary N) is 1. The number of thiophene rings is 1. The molecule has 0 saturated carbocycles. The van der Waals surface area contributed by atoms with Gasteiger partial charge in [0.25, 0.3) is 0 Å². The zero-order valence-corrected chi connectivity index (χ0v) is 12.9. The van der Waals surface area contributed by atoms with Crippen LogP contribution >= 0.6 is 34.7 Å². The summed E-state index contributed by atoms with van der Waals surface area (Å²) < 4.78 is 0.744. The fraction of sp³-hybridized carbons (Fsp3) is 0.583. The Morgan fingerprint density at radius 3 is 2.89 bits per heavy atom. The third-order valence-corrected chi connectivity index (χ3v) is 4.55. The first kappa shape index (κ1) is 15.8. The van der Waals surface area contributed by atoms with E-state index in [1.165, 1.54) is 11.3 Å². The van der Waals surface area contributed by atoms with Crippen LogP contribution in [-0.2, 0) is 11.2 Å². The SMILES string of the molecule is CSC[C@](C)(O)CNC(=O)CCc1ccc(Cl)s1. The molecule has 1 rings (SSSR count). The van der Waals surface area contributed by atoms with Crippen LogP contribution in [0.25, 0.3) is 0 Å². The summed E-state index contributed by atoms with van der Waals surface area (Å²) in [7, 11) is 0. The van der Waals surface area contributed by atoms with E-state index in [0.29, 0.717) is 18.6 Å². The van der Waals surface area contributed by atoms with Crippen molar-refractivity contribution in [3.63, 3.8) is 0 Å². The topological polar surface area (TPSA) is 49.3 Å². The van der Waals surface area contributed by atoms with E-state index < -0.39 is 5.60 Å². The lowest BCUT2D eigenvalue weighted by Gasteiger charge is -2.22. The van der Waals surface area contributed by atoms with Crippen molar-refractivity contribution in [1.29, 1.82) is 0 Å². The monoisotopic (exact) mass is 307 g/mol. The van der Waals surface area contributed by atoms with Gasteiger partial charge in [-0.15, -0.1) is 11.3 Å². The van der Waals surface area contributed by atoms with Crippen LogP contribution in [-0.4, -0.2) is 35.2 Å². The number of carbonyl (C=O) groups excluding carboxylic acids is 1. The summed E-state index contributed by atoms with van der Waals surface area (Å²) in [4.78, 5) is 12.7. The standard InChI is InChI=1S/C12H18ClNO2S2/c1-12(16,8-17-2)7-14-11(15)6-4-9-3-5-10(13)18-9/h3,5,16H,4,6-8H2,1-2H3,(H,14,15)/t12-/m1/s1. The first-order valence-electron chi connectivity index (χ1n) is 5.65. The lowest BCUT2D eigenvalue weighted by Crippen LogP contribution is -2.42. The van der Waals surface area contributed by atoms with E-state index in [2.05, 4.69) is 5.32 Å². The Morgan fingerprint density at radius 1 is 1.61 bits per heavy atom. The number of amides is 1. The van der Waals surface area contributed by atoms with Gasteiger partial charge < -0.3 is 10.4 Å². The van der Waals surface area contributed by atoms with Crippen molar-refractivity contribution in [2.45, 2.75) is 25.4 Å². The molecule has 0 aliphatic rings. The molecule has 0 spiro atoms.